The number of hydrogen-bond donors (Lipinski definition) is 0. The van der Waals surface area contributed by atoms with Gasteiger partial charge in [0.2, 0.25) is 0 Å². The third-order valence-electron chi connectivity index (χ3n) is 2.76. The highest BCUT2D eigenvalue weighted by Gasteiger charge is 2.13. The van der Waals surface area contributed by atoms with Crippen LogP contribution in [0.25, 0.3) is 0 Å². The van der Waals surface area contributed by atoms with Gasteiger partial charge in [-0.05, 0) is 12.0 Å². The number of carbonyl (C=O) groups is 1. The lowest BCUT2D eigenvalue weighted by atomic mass is 10.2. The Morgan fingerprint density at radius 3 is 2.45 bits per heavy atom. The van der Waals surface area contributed by atoms with Crippen LogP contribution in [0, 0.1) is 0 Å². The summed E-state index contributed by atoms with van der Waals surface area (Å²) in [5.74, 6) is -0.779. The summed E-state index contributed by atoms with van der Waals surface area (Å²) in [5, 5.41) is 0. The fraction of sp³-hybridized carbons (Fsp3) is 0.500. The van der Waals surface area contributed by atoms with E-state index in [0.717, 1.165) is 12.0 Å². The lowest BCUT2D eigenvalue weighted by molar-refractivity contribution is -0.140. The van der Waals surface area contributed by atoms with Crippen molar-refractivity contribution in [2.75, 3.05) is 31.8 Å². The number of benzene rings is 1. The maximum absolute atomic E-state index is 11.6. The highest BCUT2D eigenvalue weighted by molar-refractivity contribution is 7.91. The lowest BCUT2D eigenvalue weighted by Gasteiger charge is -2.05. The van der Waals surface area contributed by atoms with Gasteiger partial charge in [-0.25, -0.2) is 8.42 Å². The van der Waals surface area contributed by atoms with Crippen LogP contribution in [0.5, 0.6) is 0 Å². The second kappa shape index (κ2) is 8.71. The molecule has 0 radical (unpaired) electrons. The normalized spacial score (nSPS) is 11.2. The van der Waals surface area contributed by atoms with E-state index >= 15 is 0 Å². The van der Waals surface area contributed by atoms with Gasteiger partial charge in [0.1, 0.15) is 0 Å². The van der Waals surface area contributed by atoms with E-state index in [4.69, 9.17) is 4.74 Å². The predicted octanol–water partition coefficient (Wildman–Crippen LogP) is 1.22. The summed E-state index contributed by atoms with van der Waals surface area (Å²) in [6.07, 6.45) is 0.645. The van der Waals surface area contributed by atoms with Crippen molar-refractivity contribution in [2.45, 2.75) is 12.8 Å². The quantitative estimate of drug-likeness (QED) is 0.506. The van der Waals surface area contributed by atoms with Gasteiger partial charge in [-0.1, -0.05) is 30.3 Å². The van der Waals surface area contributed by atoms with Gasteiger partial charge in [0.15, 0.2) is 9.84 Å². The van der Waals surface area contributed by atoms with Gasteiger partial charge in [-0.15, -0.1) is 0 Å². The number of carbonyl (C=O) groups excluding carboxylic acids is 1. The highest BCUT2D eigenvalue weighted by atomic mass is 32.2. The van der Waals surface area contributed by atoms with Crippen molar-refractivity contribution in [2.24, 2.45) is 0 Å². The topological polar surface area (TPSA) is 69.7 Å². The van der Waals surface area contributed by atoms with Crippen LogP contribution in [0.2, 0.25) is 0 Å². The fourth-order valence-electron chi connectivity index (χ4n) is 1.57. The molecule has 0 bridgehead atoms. The molecule has 0 saturated heterocycles. The zero-order valence-corrected chi connectivity index (χ0v) is 12.4. The average Bonchev–Trinajstić information content (AvgIpc) is 2.45. The van der Waals surface area contributed by atoms with E-state index in [9.17, 15) is 13.2 Å². The van der Waals surface area contributed by atoms with Crippen molar-refractivity contribution in [1.82, 2.24) is 0 Å². The molecule has 1 aromatic rings. The minimum Gasteiger partial charge on any atom is -0.469 e. The van der Waals surface area contributed by atoms with Crippen molar-refractivity contribution in [3.05, 3.63) is 35.9 Å². The number of hydrogen-bond acceptors (Lipinski definition) is 5. The molecule has 0 amide bonds. The van der Waals surface area contributed by atoms with Crippen LogP contribution in [0.15, 0.2) is 30.3 Å². The summed E-state index contributed by atoms with van der Waals surface area (Å²) in [6.45, 7) is 0.632. The maximum atomic E-state index is 11.6. The summed E-state index contributed by atoms with van der Waals surface area (Å²) in [4.78, 5) is 10.9. The fourth-order valence-corrected chi connectivity index (χ4v) is 2.62. The molecular weight excluding hydrogens is 280 g/mol. The maximum Gasteiger partial charge on any atom is 0.306 e. The van der Waals surface area contributed by atoms with Crippen molar-refractivity contribution in [3.63, 3.8) is 0 Å². The largest absolute Gasteiger partial charge is 0.469 e. The minimum absolute atomic E-state index is 0.0707. The number of rotatable bonds is 9. The molecule has 0 atom stereocenters. The first-order valence-electron chi connectivity index (χ1n) is 6.42. The standard InChI is InChI=1S/C14H20O5S/c1-18-14(15)8-11-20(16,17)12-10-19-9-7-13-5-3-2-4-6-13/h2-6H,7-12H2,1H3. The third kappa shape index (κ3) is 7.25. The molecule has 0 saturated carbocycles. The van der Waals surface area contributed by atoms with Crippen LogP contribution in [0.1, 0.15) is 12.0 Å². The Bertz CT molecular complexity index is 496. The summed E-state index contributed by atoms with van der Waals surface area (Å²) < 4.78 is 32.9. The van der Waals surface area contributed by atoms with Gasteiger partial charge in [-0.3, -0.25) is 4.79 Å². The summed E-state index contributed by atoms with van der Waals surface area (Å²) >= 11 is 0. The van der Waals surface area contributed by atoms with Gasteiger partial charge < -0.3 is 9.47 Å². The molecule has 5 nitrogen and oxygen atoms in total. The molecular formula is C14H20O5S. The molecule has 1 aromatic carbocycles. The molecule has 0 N–H and O–H groups in total. The van der Waals surface area contributed by atoms with E-state index in [1.54, 1.807) is 0 Å². The summed E-state index contributed by atoms with van der Waals surface area (Å²) in [5.41, 5.74) is 1.15. The Morgan fingerprint density at radius 2 is 1.80 bits per heavy atom. The Morgan fingerprint density at radius 1 is 1.10 bits per heavy atom. The molecule has 0 heterocycles. The number of ether oxygens (including phenoxy) is 2. The van der Waals surface area contributed by atoms with Crippen molar-refractivity contribution < 1.29 is 22.7 Å². The molecule has 20 heavy (non-hydrogen) atoms. The minimum atomic E-state index is -3.26. The van der Waals surface area contributed by atoms with Crippen LogP contribution < -0.4 is 0 Å². The zero-order valence-electron chi connectivity index (χ0n) is 11.6. The van der Waals surface area contributed by atoms with E-state index in [2.05, 4.69) is 4.74 Å². The summed E-state index contributed by atoms with van der Waals surface area (Å²) in [7, 11) is -2.02. The molecule has 1 rings (SSSR count). The molecule has 0 aliphatic rings. The van der Waals surface area contributed by atoms with Crippen LogP contribution >= 0.6 is 0 Å². The molecule has 0 aliphatic heterocycles. The molecule has 0 unspecified atom stereocenters. The van der Waals surface area contributed by atoms with Gasteiger partial charge in [-0.2, -0.15) is 0 Å². The zero-order chi connectivity index (χ0) is 14.8. The van der Waals surface area contributed by atoms with E-state index < -0.39 is 15.8 Å². The lowest BCUT2D eigenvalue weighted by Crippen LogP contribution is -2.18. The van der Waals surface area contributed by atoms with Gasteiger partial charge in [0, 0.05) is 0 Å². The van der Waals surface area contributed by atoms with Crippen molar-refractivity contribution >= 4 is 15.8 Å². The smallest absolute Gasteiger partial charge is 0.306 e. The molecule has 0 spiro atoms. The molecule has 6 heteroatoms. The van der Waals surface area contributed by atoms with Gasteiger partial charge >= 0.3 is 5.97 Å². The second-order valence-corrected chi connectivity index (χ2v) is 6.63. The van der Waals surface area contributed by atoms with Crippen LogP contribution in [0.4, 0.5) is 0 Å². The Balaban J connectivity index is 2.15. The van der Waals surface area contributed by atoms with Gasteiger partial charge in [0.05, 0.1) is 38.3 Å². The monoisotopic (exact) mass is 300 g/mol. The van der Waals surface area contributed by atoms with E-state index in [1.807, 2.05) is 30.3 Å². The van der Waals surface area contributed by atoms with Crippen LogP contribution in [-0.4, -0.2) is 46.2 Å². The first-order chi connectivity index (χ1) is 9.53. The van der Waals surface area contributed by atoms with Crippen LogP contribution in [-0.2, 0) is 30.5 Å². The Labute approximate surface area is 119 Å². The molecule has 0 aliphatic carbocycles. The molecule has 112 valence electrons. The Kier molecular flexibility index (Phi) is 7.25. The summed E-state index contributed by atoms with van der Waals surface area (Å²) in [6, 6.07) is 9.84. The number of methoxy groups -OCH3 is 1. The van der Waals surface area contributed by atoms with E-state index in [-0.39, 0.29) is 24.5 Å². The van der Waals surface area contributed by atoms with Crippen molar-refractivity contribution in [3.8, 4) is 0 Å². The SMILES string of the molecule is COC(=O)CCS(=O)(=O)CCOCCc1ccccc1. The number of esters is 1. The highest BCUT2D eigenvalue weighted by Crippen LogP contribution is 2.00. The van der Waals surface area contributed by atoms with E-state index in [1.165, 1.54) is 7.11 Å². The Hall–Kier alpha value is -1.40. The predicted molar refractivity (Wildman–Crippen MR) is 76.3 cm³/mol. The molecule has 0 fully saturated rings. The third-order valence-corrected chi connectivity index (χ3v) is 4.38. The van der Waals surface area contributed by atoms with Crippen LogP contribution in [0.3, 0.4) is 0 Å². The number of sulfone groups is 1. The first-order valence-corrected chi connectivity index (χ1v) is 8.24. The average molecular weight is 300 g/mol. The second-order valence-electron chi connectivity index (χ2n) is 4.33. The van der Waals surface area contributed by atoms with Gasteiger partial charge in [0.25, 0.3) is 0 Å². The van der Waals surface area contributed by atoms with E-state index in [0.29, 0.717) is 6.61 Å². The molecule has 0 aromatic heterocycles. The first kappa shape index (κ1) is 16.7. The van der Waals surface area contributed by atoms with Crippen molar-refractivity contribution in [1.29, 1.82) is 0 Å².